The van der Waals surface area contributed by atoms with E-state index in [0.717, 1.165) is 24.3 Å². The third-order valence-corrected chi connectivity index (χ3v) is 3.40. The highest BCUT2D eigenvalue weighted by molar-refractivity contribution is 5.89. The van der Waals surface area contributed by atoms with Crippen molar-refractivity contribution < 1.29 is 9.90 Å². The second-order valence-corrected chi connectivity index (χ2v) is 4.80. The largest absolute Gasteiger partial charge is 0.478 e. The number of carbonyl (C=O) groups is 1. The molecule has 2 aromatic rings. The molecule has 0 aliphatic heterocycles. The molecule has 1 N–H and O–H groups in total. The van der Waals surface area contributed by atoms with E-state index in [2.05, 4.69) is 24.0 Å². The Bertz CT molecular complexity index is 593. The highest BCUT2D eigenvalue weighted by atomic mass is 16.4. The van der Waals surface area contributed by atoms with Gasteiger partial charge in [0.1, 0.15) is 0 Å². The van der Waals surface area contributed by atoms with Crippen LogP contribution in [0, 0.1) is 6.92 Å². The molecule has 0 aromatic heterocycles. The summed E-state index contributed by atoms with van der Waals surface area (Å²) in [5, 5.41) is 9.07. The smallest absolute Gasteiger partial charge is 0.335 e. The van der Waals surface area contributed by atoms with Gasteiger partial charge in [-0.15, -0.1) is 0 Å². The molecule has 3 nitrogen and oxygen atoms in total. The predicted molar refractivity (Wildman–Crippen MR) is 81.3 cm³/mol. The Morgan fingerprint density at radius 1 is 1.15 bits per heavy atom. The minimum absolute atomic E-state index is 0.365. The maximum Gasteiger partial charge on any atom is 0.335 e. The minimum atomic E-state index is -0.875. The normalized spacial score (nSPS) is 10.3. The van der Waals surface area contributed by atoms with Crippen LogP contribution < -0.4 is 4.90 Å². The molecule has 0 saturated carbocycles. The van der Waals surface area contributed by atoms with Crippen molar-refractivity contribution in [1.29, 1.82) is 0 Å². The summed E-state index contributed by atoms with van der Waals surface area (Å²) >= 11 is 0. The molecule has 0 spiro atoms. The topological polar surface area (TPSA) is 40.5 Å². The zero-order valence-electron chi connectivity index (χ0n) is 11.8. The van der Waals surface area contributed by atoms with E-state index in [1.807, 2.05) is 37.3 Å². The molecule has 0 heterocycles. The summed E-state index contributed by atoms with van der Waals surface area (Å²) in [5.74, 6) is -0.875. The number of aryl methyl sites for hydroxylation is 1. The van der Waals surface area contributed by atoms with Crippen LogP contribution >= 0.6 is 0 Å². The van der Waals surface area contributed by atoms with E-state index in [1.165, 1.54) is 5.56 Å². The van der Waals surface area contributed by atoms with Gasteiger partial charge in [-0.1, -0.05) is 30.3 Å². The van der Waals surface area contributed by atoms with Crippen LogP contribution in [0.3, 0.4) is 0 Å². The molecule has 0 atom stereocenters. The summed E-state index contributed by atoms with van der Waals surface area (Å²) in [4.78, 5) is 13.3. The van der Waals surface area contributed by atoms with Gasteiger partial charge in [0, 0.05) is 18.8 Å². The van der Waals surface area contributed by atoms with Crippen LogP contribution in [0.2, 0.25) is 0 Å². The number of hydrogen-bond acceptors (Lipinski definition) is 2. The number of nitrogens with zero attached hydrogens (tertiary/aromatic N) is 1. The number of carboxylic acid groups (broad SMARTS) is 1. The van der Waals surface area contributed by atoms with Gasteiger partial charge in [0.2, 0.25) is 0 Å². The van der Waals surface area contributed by atoms with Gasteiger partial charge >= 0.3 is 5.97 Å². The van der Waals surface area contributed by atoms with Crippen LogP contribution in [-0.4, -0.2) is 17.6 Å². The van der Waals surface area contributed by atoms with E-state index in [0.29, 0.717) is 5.56 Å². The fourth-order valence-corrected chi connectivity index (χ4v) is 2.27. The van der Waals surface area contributed by atoms with Gasteiger partial charge in [-0.2, -0.15) is 0 Å². The average Bonchev–Trinajstić information content (AvgIpc) is 2.45. The van der Waals surface area contributed by atoms with Crippen LogP contribution in [0.15, 0.2) is 48.5 Å². The van der Waals surface area contributed by atoms with Gasteiger partial charge in [0.05, 0.1) is 5.56 Å². The van der Waals surface area contributed by atoms with Crippen LogP contribution in [0.5, 0.6) is 0 Å². The van der Waals surface area contributed by atoms with Crippen LogP contribution in [0.25, 0.3) is 0 Å². The quantitative estimate of drug-likeness (QED) is 0.899. The van der Waals surface area contributed by atoms with Crippen LogP contribution in [0.4, 0.5) is 5.69 Å². The van der Waals surface area contributed by atoms with E-state index in [4.69, 9.17) is 5.11 Å². The Labute approximate surface area is 119 Å². The molecule has 2 aromatic carbocycles. The summed E-state index contributed by atoms with van der Waals surface area (Å²) < 4.78 is 0. The number of hydrogen-bond donors (Lipinski definition) is 1. The van der Waals surface area contributed by atoms with Gasteiger partial charge < -0.3 is 10.0 Å². The molecule has 0 unspecified atom stereocenters. The lowest BCUT2D eigenvalue weighted by atomic mass is 10.1. The van der Waals surface area contributed by atoms with Gasteiger partial charge in [-0.3, -0.25) is 0 Å². The van der Waals surface area contributed by atoms with Gasteiger partial charge in [0.15, 0.2) is 0 Å². The molecule has 3 heteroatoms. The zero-order chi connectivity index (χ0) is 14.5. The number of carboxylic acids is 1. The molecule has 0 fully saturated rings. The van der Waals surface area contributed by atoms with Gasteiger partial charge in [-0.25, -0.2) is 4.79 Å². The molecule has 0 radical (unpaired) electrons. The number of benzene rings is 2. The lowest BCUT2D eigenvalue weighted by Gasteiger charge is -2.24. The predicted octanol–water partition coefficient (Wildman–Crippen LogP) is 3.72. The first-order valence-electron chi connectivity index (χ1n) is 6.74. The summed E-state index contributed by atoms with van der Waals surface area (Å²) in [6.45, 7) is 5.64. The molecule has 2 rings (SSSR count). The minimum Gasteiger partial charge on any atom is -0.478 e. The van der Waals surface area contributed by atoms with Crippen molar-refractivity contribution in [3.05, 3.63) is 65.2 Å². The van der Waals surface area contributed by atoms with E-state index in [9.17, 15) is 4.79 Å². The number of anilines is 1. The van der Waals surface area contributed by atoms with Gasteiger partial charge in [0.25, 0.3) is 0 Å². The number of rotatable bonds is 5. The fraction of sp³-hybridized carbons (Fsp3) is 0.235. The molecule has 0 bridgehead atoms. The average molecular weight is 269 g/mol. The lowest BCUT2D eigenvalue weighted by molar-refractivity contribution is 0.0696. The van der Waals surface area contributed by atoms with E-state index >= 15 is 0 Å². The Balaban J connectivity index is 2.24. The van der Waals surface area contributed by atoms with E-state index in [1.54, 1.807) is 6.07 Å². The Kier molecular flexibility index (Phi) is 4.41. The van der Waals surface area contributed by atoms with Crippen molar-refractivity contribution in [2.75, 3.05) is 11.4 Å². The fourth-order valence-electron chi connectivity index (χ4n) is 2.27. The van der Waals surface area contributed by atoms with Crippen molar-refractivity contribution in [2.45, 2.75) is 20.4 Å². The maximum atomic E-state index is 11.0. The molecular weight excluding hydrogens is 250 g/mol. The third kappa shape index (κ3) is 3.18. The number of aromatic carboxylic acids is 1. The lowest BCUT2D eigenvalue weighted by Crippen LogP contribution is -2.22. The van der Waals surface area contributed by atoms with Crippen LogP contribution in [-0.2, 0) is 6.54 Å². The molecule has 20 heavy (non-hydrogen) atoms. The Morgan fingerprint density at radius 3 is 2.40 bits per heavy atom. The summed E-state index contributed by atoms with van der Waals surface area (Å²) in [6.07, 6.45) is 0. The summed E-state index contributed by atoms with van der Waals surface area (Å²) in [6, 6.07) is 15.8. The van der Waals surface area contributed by atoms with Crippen molar-refractivity contribution in [3.63, 3.8) is 0 Å². The second kappa shape index (κ2) is 6.24. The third-order valence-electron chi connectivity index (χ3n) is 3.40. The van der Waals surface area contributed by atoms with Crippen molar-refractivity contribution in [2.24, 2.45) is 0 Å². The molecule has 0 saturated heterocycles. The highest BCUT2D eigenvalue weighted by Crippen LogP contribution is 2.21. The maximum absolute atomic E-state index is 11.0. The van der Waals surface area contributed by atoms with Crippen molar-refractivity contribution in [3.8, 4) is 0 Å². The van der Waals surface area contributed by atoms with Crippen molar-refractivity contribution >= 4 is 11.7 Å². The Hall–Kier alpha value is -2.29. The standard InChI is InChI=1S/C17H19NO2/c1-3-18(12-14-7-5-4-6-8-14)15-9-10-16(17(19)20)13(2)11-15/h4-11H,3,12H2,1-2H3,(H,19,20). The molecule has 0 aliphatic rings. The first-order valence-corrected chi connectivity index (χ1v) is 6.74. The first-order chi connectivity index (χ1) is 9.61. The monoisotopic (exact) mass is 269 g/mol. The van der Waals surface area contributed by atoms with E-state index in [-0.39, 0.29) is 0 Å². The zero-order valence-corrected chi connectivity index (χ0v) is 11.8. The second-order valence-electron chi connectivity index (χ2n) is 4.80. The Morgan fingerprint density at radius 2 is 1.85 bits per heavy atom. The molecule has 104 valence electrons. The summed E-state index contributed by atoms with van der Waals surface area (Å²) in [5.41, 5.74) is 3.46. The molecule has 0 aliphatic carbocycles. The van der Waals surface area contributed by atoms with Gasteiger partial charge in [-0.05, 0) is 43.2 Å². The summed E-state index contributed by atoms with van der Waals surface area (Å²) in [7, 11) is 0. The molecule has 0 amide bonds. The van der Waals surface area contributed by atoms with Crippen LogP contribution in [0.1, 0.15) is 28.4 Å². The highest BCUT2D eigenvalue weighted by Gasteiger charge is 2.10. The molecular formula is C17H19NO2. The SMILES string of the molecule is CCN(Cc1ccccc1)c1ccc(C(=O)O)c(C)c1. The van der Waals surface area contributed by atoms with E-state index < -0.39 is 5.97 Å². The first kappa shape index (κ1) is 14.1. The van der Waals surface area contributed by atoms with Crippen molar-refractivity contribution in [1.82, 2.24) is 0 Å².